The Bertz CT molecular complexity index is 1030. The number of amides is 1. The van der Waals surface area contributed by atoms with Gasteiger partial charge < -0.3 is 29.5 Å². The fourth-order valence-corrected chi connectivity index (χ4v) is 5.24. The molecule has 0 aliphatic carbocycles. The number of likely N-dealkylation sites (N-methyl/N-ethyl adjacent to an activating group) is 1. The van der Waals surface area contributed by atoms with Gasteiger partial charge >= 0.3 is 11.9 Å². The monoisotopic (exact) mass is 490 g/mol. The van der Waals surface area contributed by atoms with Crippen molar-refractivity contribution < 1.29 is 34.1 Å². The number of thioether (sulfide) groups is 1. The number of carboxylic acids is 2. The lowest BCUT2D eigenvalue weighted by atomic mass is 9.89. The second kappa shape index (κ2) is 11.8. The first-order valence-corrected chi connectivity index (χ1v) is 11.3. The lowest BCUT2D eigenvalue weighted by Crippen LogP contribution is -2.46. The molecule has 2 aromatic rings. The zero-order valence-corrected chi connectivity index (χ0v) is 20.7. The van der Waals surface area contributed by atoms with Crippen molar-refractivity contribution in [2.45, 2.75) is 22.5 Å². The minimum atomic E-state index is -1.82. The third kappa shape index (κ3) is 6.00. The second-order valence-electron chi connectivity index (χ2n) is 7.84. The summed E-state index contributed by atoms with van der Waals surface area (Å²) in [7, 11) is 9.25. The average Bonchev–Trinajstić information content (AvgIpc) is 2.81. The van der Waals surface area contributed by atoms with E-state index in [1.807, 2.05) is 43.4 Å². The van der Waals surface area contributed by atoms with Crippen LogP contribution in [0.25, 0.3) is 0 Å². The van der Waals surface area contributed by atoms with Gasteiger partial charge in [-0.1, -0.05) is 12.1 Å². The summed E-state index contributed by atoms with van der Waals surface area (Å²) in [5.74, 6) is -2.15. The number of methoxy groups -OCH3 is 2. The summed E-state index contributed by atoms with van der Waals surface area (Å²) in [4.78, 5) is 37.0. The van der Waals surface area contributed by atoms with E-state index in [4.69, 9.17) is 29.3 Å². The van der Waals surface area contributed by atoms with Crippen molar-refractivity contribution in [3.63, 3.8) is 0 Å². The highest BCUT2D eigenvalue weighted by Crippen LogP contribution is 2.55. The number of benzene rings is 2. The van der Waals surface area contributed by atoms with Gasteiger partial charge in [-0.2, -0.15) is 0 Å². The van der Waals surface area contributed by atoms with E-state index in [1.165, 1.54) is 0 Å². The van der Waals surface area contributed by atoms with E-state index in [1.54, 1.807) is 30.9 Å². The zero-order chi connectivity index (χ0) is 25.5. The number of carboxylic acid groups (broad SMARTS) is 2. The average molecular weight is 491 g/mol. The molecule has 1 unspecified atom stereocenters. The molecule has 2 aromatic carbocycles. The summed E-state index contributed by atoms with van der Waals surface area (Å²) in [5, 5.41) is 14.8. The van der Waals surface area contributed by atoms with E-state index < -0.39 is 16.7 Å². The van der Waals surface area contributed by atoms with Crippen LogP contribution in [-0.2, 0) is 19.1 Å². The fourth-order valence-electron chi connectivity index (χ4n) is 3.67. The first-order valence-electron chi connectivity index (χ1n) is 10.5. The molecular formula is C24H30N2O7S. The Morgan fingerprint density at radius 2 is 1.71 bits per heavy atom. The smallest absolute Gasteiger partial charge is 0.414 e. The predicted octanol–water partition coefficient (Wildman–Crippen LogP) is 3.17. The fraction of sp³-hybridized carbons (Fsp3) is 0.375. The highest BCUT2D eigenvalue weighted by Gasteiger charge is 2.48. The zero-order valence-electron chi connectivity index (χ0n) is 19.9. The van der Waals surface area contributed by atoms with Gasteiger partial charge in [-0.25, -0.2) is 9.59 Å². The van der Waals surface area contributed by atoms with Gasteiger partial charge in [0.15, 0.2) is 0 Å². The Morgan fingerprint density at radius 1 is 1.06 bits per heavy atom. The van der Waals surface area contributed by atoms with Crippen LogP contribution in [0.15, 0.2) is 47.4 Å². The minimum Gasteiger partial charge on any atom is -0.497 e. The van der Waals surface area contributed by atoms with Crippen LogP contribution in [-0.4, -0.2) is 74.9 Å². The molecule has 10 heteroatoms. The number of anilines is 1. The van der Waals surface area contributed by atoms with Crippen LogP contribution in [0.1, 0.15) is 18.4 Å². The van der Waals surface area contributed by atoms with Crippen LogP contribution < -0.4 is 14.4 Å². The van der Waals surface area contributed by atoms with Crippen molar-refractivity contribution >= 4 is 35.3 Å². The maximum absolute atomic E-state index is 13.7. The molecule has 34 heavy (non-hydrogen) atoms. The molecule has 0 saturated carbocycles. The molecule has 1 heterocycles. The highest BCUT2D eigenvalue weighted by atomic mass is 32.2. The van der Waals surface area contributed by atoms with Crippen molar-refractivity contribution in [3.05, 3.63) is 48.0 Å². The number of carbonyl (C=O) groups is 3. The molecule has 1 aliphatic rings. The van der Waals surface area contributed by atoms with E-state index in [9.17, 15) is 4.79 Å². The van der Waals surface area contributed by atoms with Gasteiger partial charge in [0.25, 0.3) is 0 Å². The molecule has 0 radical (unpaired) electrons. The van der Waals surface area contributed by atoms with Crippen molar-refractivity contribution in [2.24, 2.45) is 0 Å². The molecular weight excluding hydrogens is 460 g/mol. The van der Waals surface area contributed by atoms with Gasteiger partial charge in [0.05, 0.1) is 19.9 Å². The Labute approximate surface area is 203 Å². The maximum atomic E-state index is 13.7. The van der Waals surface area contributed by atoms with Crippen LogP contribution in [0.4, 0.5) is 5.69 Å². The van der Waals surface area contributed by atoms with Crippen LogP contribution in [0.2, 0.25) is 0 Å². The number of hydrogen-bond donors (Lipinski definition) is 2. The van der Waals surface area contributed by atoms with E-state index in [-0.39, 0.29) is 5.91 Å². The molecule has 1 amide bonds. The molecule has 1 aliphatic heterocycles. The largest absolute Gasteiger partial charge is 0.497 e. The van der Waals surface area contributed by atoms with Crippen molar-refractivity contribution in [2.75, 3.05) is 46.8 Å². The first kappa shape index (κ1) is 27.0. The molecule has 0 aromatic heterocycles. The number of nitrogens with zero attached hydrogens (tertiary/aromatic N) is 2. The standard InChI is InChI=1S/C22H28N2O3S.C2H2O4/c1-23(2)14-8-13-22(17-15-16(26-4)11-12-19(17)27-5)21(25)24(3)18-9-6-7-10-20(18)28-22;3-1(4)2(5)6/h6-7,9-12,15H,8,13-14H2,1-5H3;(H,3,4)(H,5,6). The number of para-hydroxylation sites is 1. The molecule has 0 spiro atoms. The summed E-state index contributed by atoms with van der Waals surface area (Å²) < 4.78 is 10.4. The summed E-state index contributed by atoms with van der Waals surface area (Å²) in [6.45, 7) is 0.910. The number of ether oxygens (including phenoxy) is 2. The number of hydrogen-bond acceptors (Lipinski definition) is 7. The first-order chi connectivity index (χ1) is 16.1. The number of aliphatic carboxylic acids is 2. The maximum Gasteiger partial charge on any atom is 0.414 e. The molecule has 1 atom stereocenters. The number of fused-ring (bicyclic) bond motifs is 1. The minimum absolute atomic E-state index is 0.0708. The third-order valence-electron chi connectivity index (χ3n) is 5.32. The molecule has 3 rings (SSSR count). The lowest BCUT2D eigenvalue weighted by Gasteiger charge is -2.41. The van der Waals surface area contributed by atoms with Crippen molar-refractivity contribution in [3.8, 4) is 11.5 Å². The quantitative estimate of drug-likeness (QED) is 0.565. The van der Waals surface area contributed by atoms with Crippen LogP contribution in [0, 0.1) is 0 Å². The van der Waals surface area contributed by atoms with Crippen molar-refractivity contribution in [1.29, 1.82) is 0 Å². The second-order valence-corrected chi connectivity index (χ2v) is 9.19. The third-order valence-corrected chi connectivity index (χ3v) is 6.83. The van der Waals surface area contributed by atoms with Gasteiger partial charge in [-0.05, 0) is 63.8 Å². The van der Waals surface area contributed by atoms with Gasteiger partial charge in [-0.3, -0.25) is 4.79 Å². The van der Waals surface area contributed by atoms with Gasteiger partial charge in [0, 0.05) is 17.5 Å². The normalized spacial score (nSPS) is 16.9. The Kier molecular flexibility index (Phi) is 9.34. The summed E-state index contributed by atoms with van der Waals surface area (Å²) in [5.41, 5.74) is 1.81. The Hall–Kier alpha value is -3.24. The van der Waals surface area contributed by atoms with Gasteiger partial charge in [-0.15, -0.1) is 11.8 Å². The molecule has 2 N–H and O–H groups in total. The van der Waals surface area contributed by atoms with E-state index in [0.29, 0.717) is 12.2 Å². The SMILES string of the molecule is COc1ccc(OC)c(C2(CCCN(C)C)Sc3ccccc3N(C)C2=O)c1.O=C(O)C(=O)O. The molecule has 0 bridgehead atoms. The molecule has 0 fully saturated rings. The summed E-state index contributed by atoms with van der Waals surface area (Å²) in [6.07, 6.45) is 1.60. The van der Waals surface area contributed by atoms with Crippen LogP contribution >= 0.6 is 11.8 Å². The van der Waals surface area contributed by atoms with E-state index in [2.05, 4.69) is 25.1 Å². The van der Waals surface area contributed by atoms with E-state index >= 15 is 0 Å². The topological polar surface area (TPSA) is 117 Å². The molecule has 0 saturated heterocycles. The van der Waals surface area contributed by atoms with Gasteiger partial charge in [0.1, 0.15) is 16.2 Å². The lowest BCUT2D eigenvalue weighted by molar-refractivity contribution is -0.159. The van der Waals surface area contributed by atoms with E-state index in [0.717, 1.165) is 34.9 Å². The number of carbonyl (C=O) groups excluding carboxylic acids is 1. The molecule has 184 valence electrons. The van der Waals surface area contributed by atoms with Crippen LogP contribution in [0.5, 0.6) is 11.5 Å². The summed E-state index contributed by atoms with van der Waals surface area (Å²) in [6, 6.07) is 13.8. The Balaban J connectivity index is 0.000000604. The Morgan fingerprint density at radius 3 is 2.26 bits per heavy atom. The molecule has 9 nitrogen and oxygen atoms in total. The van der Waals surface area contributed by atoms with Gasteiger partial charge in [0.2, 0.25) is 5.91 Å². The summed E-state index contributed by atoms with van der Waals surface area (Å²) >= 11 is 1.62. The highest BCUT2D eigenvalue weighted by molar-refractivity contribution is 8.01. The van der Waals surface area contributed by atoms with Crippen LogP contribution in [0.3, 0.4) is 0 Å². The predicted molar refractivity (Wildman–Crippen MR) is 130 cm³/mol. The number of rotatable bonds is 7. The van der Waals surface area contributed by atoms with Crippen molar-refractivity contribution in [1.82, 2.24) is 4.90 Å².